The lowest BCUT2D eigenvalue weighted by atomic mass is 9.93. The molecule has 0 aliphatic heterocycles. The molecule has 0 aromatic heterocycles. The average molecular weight is 229 g/mol. The molecule has 0 fully saturated rings. The molecular weight excluding hydrogens is 202 g/mol. The van der Waals surface area contributed by atoms with Gasteiger partial charge in [-0.25, -0.2) is 0 Å². The minimum absolute atomic E-state index is 0.0167. The van der Waals surface area contributed by atoms with Gasteiger partial charge in [0, 0.05) is 25.6 Å². The van der Waals surface area contributed by atoms with Crippen molar-refractivity contribution in [1.29, 1.82) is 0 Å². The maximum atomic E-state index is 11.5. The molecule has 1 atom stereocenters. The zero-order valence-corrected chi connectivity index (χ0v) is 11.3. The third-order valence-corrected chi connectivity index (χ3v) is 2.48. The number of hydrogen-bond donors (Lipinski definition) is 2. The Balaban J connectivity index is 3.90. The van der Waals surface area contributed by atoms with Gasteiger partial charge in [-0.2, -0.15) is 0 Å². The summed E-state index contributed by atoms with van der Waals surface area (Å²) < 4.78 is 0. The molecule has 0 spiro atoms. The summed E-state index contributed by atoms with van der Waals surface area (Å²) in [5, 5.41) is 2.95. The fraction of sp³-hybridized carbons (Fsp3) is 0.917. The molecule has 0 aromatic rings. The number of nitrogens with zero attached hydrogens (tertiary/aromatic N) is 1. The molecule has 0 saturated heterocycles. The van der Waals surface area contributed by atoms with E-state index in [0.29, 0.717) is 13.0 Å². The maximum Gasteiger partial charge on any atom is 0.221 e. The largest absolute Gasteiger partial charge is 0.355 e. The van der Waals surface area contributed by atoms with Gasteiger partial charge in [-0.05, 0) is 25.9 Å². The van der Waals surface area contributed by atoms with Crippen molar-refractivity contribution in [3.05, 3.63) is 0 Å². The molecule has 0 radical (unpaired) electrons. The predicted molar refractivity (Wildman–Crippen MR) is 68.2 cm³/mol. The van der Waals surface area contributed by atoms with Crippen molar-refractivity contribution in [2.75, 3.05) is 27.2 Å². The van der Waals surface area contributed by atoms with Crippen molar-refractivity contribution in [2.24, 2.45) is 11.1 Å². The number of carbonyl (C=O) groups is 1. The van der Waals surface area contributed by atoms with Crippen molar-refractivity contribution >= 4 is 5.91 Å². The van der Waals surface area contributed by atoms with E-state index in [9.17, 15) is 4.79 Å². The minimum Gasteiger partial charge on any atom is -0.355 e. The molecule has 0 heterocycles. The van der Waals surface area contributed by atoms with Gasteiger partial charge in [0.05, 0.1) is 0 Å². The van der Waals surface area contributed by atoms with Crippen LogP contribution in [0.5, 0.6) is 0 Å². The van der Waals surface area contributed by atoms with Gasteiger partial charge in [0.2, 0.25) is 5.91 Å². The smallest absolute Gasteiger partial charge is 0.221 e. The van der Waals surface area contributed by atoms with Crippen LogP contribution in [0.1, 0.15) is 33.6 Å². The summed E-state index contributed by atoms with van der Waals surface area (Å²) in [4.78, 5) is 13.7. The van der Waals surface area contributed by atoms with Gasteiger partial charge in [-0.15, -0.1) is 0 Å². The molecule has 4 nitrogen and oxygen atoms in total. The Bertz CT molecular complexity index is 214. The van der Waals surface area contributed by atoms with E-state index in [2.05, 4.69) is 24.1 Å². The molecule has 96 valence electrons. The number of nitrogens with one attached hydrogen (secondary N) is 1. The lowest BCUT2D eigenvalue weighted by Gasteiger charge is -2.28. The molecule has 0 bridgehead atoms. The van der Waals surface area contributed by atoms with Gasteiger partial charge >= 0.3 is 0 Å². The van der Waals surface area contributed by atoms with Crippen LogP contribution < -0.4 is 11.1 Å². The number of amides is 1. The lowest BCUT2D eigenvalue weighted by Crippen LogP contribution is -2.41. The average Bonchev–Trinajstić information content (AvgIpc) is 2.13. The predicted octanol–water partition coefficient (Wildman–Crippen LogP) is 0.818. The molecule has 16 heavy (non-hydrogen) atoms. The van der Waals surface area contributed by atoms with Crippen LogP contribution in [-0.2, 0) is 4.79 Å². The quantitative estimate of drug-likeness (QED) is 0.679. The van der Waals surface area contributed by atoms with E-state index in [1.165, 1.54) is 0 Å². The molecule has 0 saturated carbocycles. The Labute approximate surface area is 99.6 Å². The molecule has 1 unspecified atom stereocenters. The summed E-state index contributed by atoms with van der Waals surface area (Å²) in [6, 6.07) is -0.0167. The van der Waals surface area contributed by atoms with E-state index in [0.717, 1.165) is 13.0 Å². The van der Waals surface area contributed by atoms with Gasteiger partial charge in [0.25, 0.3) is 0 Å². The first-order valence-electron chi connectivity index (χ1n) is 5.94. The van der Waals surface area contributed by atoms with Gasteiger partial charge in [-0.3, -0.25) is 4.79 Å². The van der Waals surface area contributed by atoms with Crippen molar-refractivity contribution in [3.63, 3.8) is 0 Å². The van der Waals surface area contributed by atoms with Crippen LogP contribution in [0.2, 0.25) is 0 Å². The van der Waals surface area contributed by atoms with Crippen LogP contribution in [0.3, 0.4) is 0 Å². The highest BCUT2D eigenvalue weighted by Crippen LogP contribution is 2.14. The fourth-order valence-corrected chi connectivity index (χ4v) is 1.70. The van der Waals surface area contributed by atoms with Crippen LogP contribution >= 0.6 is 0 Å². The molecule has 0 aromatic carbocycles. The van der Waals surface area contributed by atoms with Crippen molar-refractivity contribution < 1.29 is 4.79 Å². The van der Waals surface area contributed by atoms with Gasteiger partial charge in [0.15, 0.2) is 0 Å². The van der Waals surface area contributed by atoms with E-state index < -0.39 is 0 Å². The summed E-state index contributed by atoms with van der Waals surface area (Å²) in [5.74, 6) is 0.0566. The zero-order valence-electron chi connectivity index (χ0n) is 11.3. The summed E-state index contributed by atoms with van der Waals surface area (Å²) in [5.41, 5.74) is 5.82. The Morgan fingerprint density at radius 3 is 2.44 bits per heavy atom. The molecule has 0 rings (SSSR count). The summed E-state index contributed by atoms with van der Waals surface area (Å²) >= 11 is 0. The fourth-order valence-electron chi connectivity index (χ4n) is 1.70. The molecular formula is C12H27N3O. The van der Waals surface area contributed by atoms with Gasteiger partial charge in [0.1, 0.15) is 0 Å². The maximum absolute atomic E-state index is 11.5. The van der Waals surface area contributed by atoms with Crippen LogP contribution in [0.4, 0.5) is 0 Å². The highest BCUT2D eigenvalue weighted by atomic mass is 16.1. The Hall–Kier alpha value is -0.610. The van der Waals surface area contributed by atoms with E-state index in [-0.39, 0.29) is 17.4 Å². The lowest BCUT2D eigenvalue weighted by molar-refractivity contribution is -0.121. The minimum atomic E-state index is -0.0167. The summed E-state index contributed by atoms with van der Waals surface area (Å²) in [6.07, 6.45) is 1.27. The van der Waals surface area contributed by atoms with Crippen molar-refractivity contribution in [1.82, 2.24) is 10.2 Å². The second kappa shape index (κ2) is 6.86. The van der Waals surface area contributed by atoms with Crippen LogP contribution in [0.15, 0.2) is 0 Å². The number of nitrogens with two attached hydrogens (primary N) is 1. The van der Waals surface area contributed by atoms with E-state index >= 15 is 0 Å². The number of carbonyl (C=O) groups excluding carboxylic acids is 1. The summed E-state index contributed by atoms with van der Waals surface area (Å²) in [6.45, 7) is 7.93. The first kappa shape index (κ1) is 15.4. The molecule has 3 N–H and O–H groups in total. The third-order valence-electron chi connectivity index (χ3n) is 2.48. The van der Waals surface area contributed by atoms with Gasteiger partial charge in [-0.1, -0.05) is 20.8 Å². The second-order valence-electron chi connectivity index (χ2n) is 5.55. The monoisotopic (exact) mass is 229 g/mol. The normalized spacial score (nSPS) is 13.9. The Kier molecular flexibility index (Phi) is 6.60. The summed E-state index contributed by atoms with van der Waals surface area (Å²) in [7, 11) is 4.08. The number of hydrogen-bond acceptors (Lipinski definition) is 3. The SMILES string of the molecule is CCC(N)CC(=O)NCC(C)(C)CN(C)C. The zero-order chi connectivity index (χ0) is 12.8. The first-order chi connectivity index (χ1) is 7.26. The number of rotatable bonds is 7. The molecule has 0 aliphatic rings. The van der Waals surface area contributed by atoms with E-state index in [1.807, 2.05) is 21.0 Å². The second-order valence-corrected chi connectivity index (χ2v) is 5.55. The van der Waals surface area contributed by atoms with Crippen LogP contribution in [-0.4, -0.2) is 44.0 Å². The van der Waals surface area contributed by atoms with Crippen LogP contribution in [0.25, 0.3) is 0 Å². The van der Waals surface area contributed by atoms with E-state index in [1.54, 1.807) is 0 Å². The highest BCUT2D eigenvalue weighted by molar-refractivity contribution is 5.76. The Morgan fingerprint density at radius 2 is 2.00 bits per heavy atom. The van der Waals surface area contributed by atoms with Crippen LogP contribution in [0, 0.1) is 5.41 Å². The standard InChI is InChI=1S/C12H27N3O/c1-6-10(13)7-11(16)14-8-12(2,3)9-15(4)5/h10H,6-9,13H2,1-5H3,(H,14,16). The highest BCUT2D eigenvalue weighted by Gasteiger charge is 2.20. The molecule has 0 aliphatic carbocycles. The molecule has 1 amide bonds. The first-order valence-corrected chi connectivity index (χ1v) is 5.94. The Morgan fingerprint density at radius 1 is 1.44 bits per heavy atom. The van der Waals surface area contributed by atoms with E-state index in [4.69, 9.17) is 5.73 Å². The van der Waals surface area contributed by atoms with Crippen molar-refractivity contribution in [2.45, 2.75) is 39.7 Å². The van der Waals surface area contributed by atoms with Crippen molar-refractivity contribution in [3.8, 4) is 0 Å². The third kappa shape index (κ3) is 7.65. The molecule has 4 heteroatoms. The van der Waals surface area contributed by atoms with Gasteiger partial charge < -0.3 is 16.0 Å². The topological polar surface area (TPSA) is 58.4 Å².